The second-order valence-electron chi connectivity index (χ2n) is 7.86. The zero-order valence-corrected chi connectivity index (χ0v) is 20.4. The summed E-state index contributed by atoms with van der Waals surface area (Å²) in [5.74, 6) is 0.708. The Balaban J connectivity index is 0.00000392. The van der Waals surface area contributed by atoms with Crippen molar-refractivity contribution in [2.45, 2.75) is 44.8 Å². The van der Waals surface area contributed by atoms with Crippen LogP contribution in [0.4, 0.5) is 0 Å². The molecule has 0 aliphatic carbocycles. The molecule has 0 spiro atoms. The number of nitrogens with zero attached hydrogens (tertiary/aromatic N) is 2. The van der Waals surface area contributed by atoms with Crippen LogP contribution in [0.2, 0.25) is 0 Å². The number of benzene rings is 1. The predicted octanol–water partition coefficient (Wildman–Crippen LogP) is 1.76. The third kappa shape index (κ3) is 9.53. The van der Waals surface area contributed by atoms with Crippen LogP contribution in [0.3, 0.4) is 0 Å². The highest BCUT2D eigenvalue weighted by Crippen LogP contribution is 2.14. The molecule has 0 unspecified atom stereocenters. The number of aliphatic imine (C=N–C) groups is 1. The molecule has 3 N–H and O–H groups in total. The zero-order chi connectivity index (χ0) is 19.9. The smallest absolute Gasteiger partial charge is 0.209 e. The van der Waals surface area contributed by atoms with Gasteiger partial charge < -0.3 is 10.6 Å². The van der Waals surface area contributed by atoms with Crippen molar-refractivity contribution in [2.75, 3.05) is 32.9 Å². The number of hydrogen-bond acceptors (Lipinski definition) is 4. The number of hydrogen-bond donors (Lipinski definition) is 3. The summed E-state index contributed by atoms with van der Waals surface area (Å²) < 4.78 is 25.5. The van der Waals surface area contributed by atoms with Crippen LogP contribution in [-0.2, 0) is 16.6 Å². The van der Waals surface area contributed by atoms with Gasteiger partial charge in [-0.1, -0.05) is 30.3 Å². The van der Waals surface area contributed by atoms with Crippen LogP contribution < -0.4 is 15.4 Å². The standard InChI is InChI=1S/C19H33N5O2S.HI/c1-19(2,23-27(4,25)26)15-21-18(20-3)22-17-10-12-24(13-11-17)14-16-8-6-5-7-9-16;/h5-9,17,23H,10-15H2,1-4H3,(H2,20,21,22);1H. The monoisotopic (exact) mass is 523 g/mol. The Morgan fingerprint density at radius 2 is 1.82 bits per heavy atom. The molecule has 0 radical (unpaired) electrons. The predicted molar refractivity (Wildman–Crippen MR) is 127 cm³/mol. The van der Waals surface area contributed by atoms with Crippen LogP contribution in [0.1, 0.15) is 32.3 Å². The summed E-state index contributed by atoms with van der Waals surface area (Å²) in [6.45, 7) is 7.22. The van der Waals surface area contributed by atoms with Crippen LogP contribution in [-0.4, -0.2) is 63.8 Å². The second kappa shape index (κ2) is 11.3. The van der Waals surface area contributed by atoms with Crippen molar-refractivity contribution in [2.24, 2.45) is 4.99 Å². The maximum atomic E-state index is 11.5. The molecule has 1 fully saturated rings. The Morgan fingerprint density at radius 3 is 2.36 bits per heavy atom. The Hall–Kier alpha value is -0.910. The average Bonchev–Trinajstić information content (AvgIpc) is 2.59. The van der Waals surface area contributed by atoms with Crippen LogP contribution in [0.5, 0.6) is 0 Å². The molecule has 1 saturated heterocycles. The number of likely N-dealkylation sites (tertiary alicyclic amines) is 1. The largest absolute Gasteiger partial charge is 0.355 e. The summed E-state index contributed by atoms with van der Waals surface area (Å²) in [5, 5.41) is 6.69. The van der Waals surface area contributed by atoms with Gasteiger partial charge in [-0.2, -0.15) is 0 Å². The minimum Gasteiger partial charge on any atom is -0.355 e. The van der Waals surface area contributed by atoms with Gasteiger partial charge in [0.2, 0.25) is 10.0 Å². The molecule has 0 atom stereocenters. The topological polar surface area (TPSA) is 85.8 Å². The second-order valence-corrected chi connectivity index (χ2v) is 9.61. The lowest BCUT2D eigenvalue weighted by atomic mass is 10.0. The van der Waals surface area contributed by atoms with Gasteiger partial charge >= 0.3 is 0 Å². The summed E-state index contributed by atoms with van der Waals surface area (Å²) in [7, 11) is -1.52. The van der Waals surface area contributed by atoms with Crippen molar-refractivity contribution in [3.63, 3.8) is 0 Å². The van der Waals surface area contributed by atoms with Crippen LogP contribution >= 0.6 is 24.0 Å². The van der Waals surface area contributed by atoms with E-state index < -0.39 is 15.6 Å². The summed E-state index contributed by atoms with van der Waals surface area (Å²) >= 11 is 0. The summed E-state index contributed by atoms with van der Waals surface area (Å²) in [5.41, 5.74) is 0.756. The molecule has 0 aromatic heterocycles. The van der Waals surface area contributed by atoms with Gasteiger partial charge in [-0.3, -0.25) is 9.89 Å². The minimum atomic E-state index is -3.25. The van der Waals surface area contributed by atoms with E-state index >= 15 is 0 Å². The van der Waals surface area contributed by atoms with Gasteiger partial charge in [0.15, 0.2) is 5.96 Å². The number of nitrogens with one attached hydrogen (secondary N) is 3. The van der Waals surface area contributed by atoms with Crippen molar-refractivity contribution < 1.29 is 8.42 Å². The van der Waals surface area contributed by atoms with E-state index in [-0.39, 0.29) is 24.0 Å². The lowest BCUT2D eigenvalue weighted by molar-refractivity contribution is 0.198. The molecule has 1 aliphatic rings. The third-order valence-corrected chi connectivity index (χ3v) is 5.48. The lowest BCUT2D eigenvalue weighted by Gasteiger charge is -2.33. The Morgan fingerprint density at radius 1 is 1.21 bits per heavy atom. The fraction of sp³-hybridized carbons (Fsp3) is 0.632. The van der Waals surface area contributed by atoms with E-state index in [4.69, 9.17) is 0 Å². The Bertz CT molecular complexity index is 717. The highest BCUT2D eigenvalue weighted by molar-refractivity contribution is 14.0. The quantitative estimate of drug-likeness (QED) is 0.288. The van der Waals surface area contributed by atoms with Gasteiger partial charge in [0, 0.05) is 44.8 Å². The van der Waals surface area contributed by atoms with E-state index in [0.29, 0.717) is 18.5 Å². The highest BCUT2D eigenvalue weighted by Gasteiger charge is 2.24. The minimum absolute atomic E-state index is 0. The van der Waals surface area contributed by atoms with Crippen molar-refractivity contribution >= 4 is 40.0 Å². The molecule has 160 valence electrons. The molecule has 28 heavy (non-hydrogen) atoms. The molecular formula is C19H34IN5O2S. The molecule has 9 heteroatoms. The molecule has 7 nitrogen and oxygen atoms in total. The zero-order valence-electron chi connectivity index (χ0n) is 17.2. The fourth-order valence-corrected chi connectivity index (χ4v) is 4.38. The van der Waals surface area contributed by atoms with Gasteiger partial charge in [-0.25, -0.2) is 13.1 Å². The van der Waals surface area contributed by atoms with Gasteiger partial charge in [-0.15, -0.1) is 24.0 Å². The van der Waals surface area contributed by atoms with Crippen LogP contribution in [0, 0.1) is 0 Å². The number of piperidine rings is 1. The van der Waals surface area contributed by atoms with E-state index in [0.717, 1.165) is 32.5 Å². The van der Waals surface area contributed by atoms with Crippen molar-refractivity contribution in [1.82, 2.24) is 20.3 Å². The first-order chi connectivity index (χ1) is 12.7. The van der Waals surface area contributed by atoms with E-state index in [2.05, 4.69) is 49.5 Å². The fourth-order valence-electron chi connectivity index (χ4n) is 3.31. The van der Waals surface area contributed by atoms with E-state index in [9.17, 15) is 8.42 Å². The van der Waals surface area contributed by atoms with Crippen LogP contribution in [0.25, 0.3) is 0 Å². The van der Waals surface area contributed by atoms with Gasteiger partial charge in [0.05, 0.1) is 6.26 Å². The Kier molecular flexibility index (Phi) is 10.2. The van der Waals surface area contributed by atoms with E-state index in [1.54, 1.807) is 7.05 Å². The van der Waals surface area contributed by atoms with Gasteiger partial charge in [0.1, 0.15) is 0 Å². The van der Waals surface area contributed by atoms with Gasteiger partial charge in [0.25, 0.3) is 0 Å². The van der Waals surface area contributed by atoms with Crippen LogP contribution in [0.15, 0.2) is 35.3 Å². The van der Waals surface area contributed by atoms with Crippen molar-refractivity contribution in [1.29, 1.82) is 0 Å². The van der Waals surface area contributed by atoms with Crippen molar-refractivity contribution in [3.05, 3.63) is 35.9 Å². The number of halogens is 1. The van der Waals surface area contributed by atoms with E-state index in [1.165, 1.54) is 11.8 Å². The lowest BCUT2D eigenvalue weighted by Crippen LogP contribution is -2.55. The summed E-state index contributed by atoms with van der Waals surface area (Å²) in [6, 6.07) is 10.9. The number of rotatable bonds is 7. The third-order valence-electron chi connectivity index (χ3n) is 4.56. The Labute approximate surface area is 186 Å². The normalized spacial score (nSPS) is 17.1. The first kappa shape index (κ1) is 25.1. The first-order valence-corrected chi connectivity index (χ1v) is 11.3. The molecule has 0 saturated carbocycles. The average molecular weight is 523 g/mol. The number of sulfonamides is 1. The number of guanidine groups is 1. The van der Waals surface area contributed by atoms with Gasteiger partial charge in [-0.05, 0) is 32.3 Å². The SMILES string of the molecule is CN=C(NCC(C)(C)NS(C)(=O)=O)NC1CCN(Cc2ccccc2)CC1.I. The molecule has 0 amide bonds. The molecular weight excluding hydrogens is 489 g/mol. The first-order valence-electron chi connectivity index (χ1n) is 9.39. The highest BCUT2D eigenvalue weighted by atomic mass is 127. The summed E-state index contributed by atoms with van der Waals surface area (Å²) in [6.07, 6.45) is 3.28. The molecule has 1 aromatic carbocycles. The maximum Gasteiger partial charge on any atom is 0.209 e. The molecule has 1 heterocycles. The van der Waals surface area contributed by atoms with Crippen molar-refractivity contribution in [3.8, 4) is 0 Å². The molecule has 0 bridgehead atoms. The maximum absolute atomic E-state index is 11.5. The molecule has 1 aliphatic heterocycles. The molecule has 2 rings (SSSR count). The van der Waals surface area contributed by atoms with E-state index in [1.807, 2.05) is 19.9 Å². The molecule has 1 aromatic rings. The summed E-state index contributed by atoms with van der Waals surface area (Å²) in [4.78, 5) is 6.75.